The highest BCUT2D eigenvalue weighted by atomic mass is 16.2. The van der Waals surface area contributed by atoms with Crippen LogP contribution in [0.2, 0.25) is 0 Å². The molecule has 0 bridgehead atoms. The zero-order chi connectivity index (χ0) is 21.4. The molecule has 3 fully saturated rings. The number of nitrogens with zero attached hydrogens (tertiary/aromatic N) is 2. The second-order valence-corrected chi connectivity index (χ2v) is 11.1. The van der Waals surface area contributed by atoms with Gasteiger partial charge >= 0.3 is 6.03 Å². The van der Waals surface area contributed by atoms with Gasteiger partial charge in [0, 0.05) is 26.1 Å². The summed E-state index contributed by atoms with van der Waals surface area (Å²) in [5, 5.41) is 2.99. The summed E-state index contributed by atoms with van der Waals surface area (Å²) in [6, 6.07) is -0.876. The van der Waals surface area contributed by atoms with Crippen LogP contribution in [0.25, 0.3) is 0 Å². The Kier molecular flexibility index (Phi) is 6.30. The number of amides is 3. The molecule has 1 aliphatic carbocycles. The van der Waals surface area contributed by atoms with Crippen molar-refractivity contribution in [2.24, 2.45) is 16.7 Å². The topological polar surface area (TPSA) is 69.7 Å². The number of carbonyl (C=O) groups excluding carboxylic acids is 3. The first kappa shape index (κ1) is 22.1. The molecule has 0 radical (unpaired) electrons. The van der Waals surface area contributed by atoms with Crippen molar-refractivity contribution < 1.29 is 14.4 Å². The third kappa shape index (κ3) is 5.32. The molecule has 3 amide bonds. The highest BCUT2D eigenvalue weighted by Crippen LogP contribution is 2.53. The first-order valence-electron chi connectivity index (χ1n) is 11.4. The third-order valence-corrected chi connectivity index (χ3v) is 7.03. The highest BCUT2D eigenvalue weighted by molar-refractivity contribution is 5.95. The van der Waals surface area contributed by atoms with E-state index in [-0.39, 0.29) is 40.6 Å². The summed E-state index contributed by atoms with van der Waals surface area (Å²) in [6.45, 7) is 12.8. The molecule has 3 rings (SSSR count). The van der Waals surface area contributed by atoms with Gasteiger partial charge in [-0.2, -0.15) is 0 Å². The lowest BCUT2D eigenvalue weighted by Gasteiger charge is -2.30. The van der Waals surface area contributed by atoms with E-state index in [0.717, 1.165) is 32.1 Å². The lowest BCUT2D eigenvalue weighted by Crippen LogP contribution is -2.52. The minimum atomic E-state index is -0.389. The average molecular weight is 406 g/mol. The Labute approximate surface area is 175 Å². The molecule has 2 heterocycles. The van der Waals surface area contributed by atoms with E-state index in [9.17, 15) is 14.4 Å². The number of rotatable bonds is 6. The van der Waals surface area contributed by atoms with E-state index in [1.807, 2.05) is 4.90 Å². The zero-order valence-electron chi connectivity index (χ0n) is 18.9. The van der Waals surface area contributed by atoms with Crippen LogP contribution in [0.4, 0.5) is 4.79 Å². The first-order chi connectivity index (χ1) is 13.5. The third-order valence-electron chi connectivity index (χ3n) is 7.03. The summed E-state index contributed by atoms with van der Waals surface area (Å²) in [4.78, 5) is 42.4. The van der Waals surface area contributed by atoms with E-state index in [1.54, 1.807) is 4.90 Å². The molecule has 29 heavy (non-hydrogen) atoms. The Balaban J connectivity index is 1.57. The van der Waals surface area contributed by atoms with Crippen LogP contribution in [-0.2, 0) is 9.59 Å². The number of Topliss-reactive ketones (excluding diaryl/α,β-unsaturated/α-hetero) is 1. The van der Waals surface area contributed by atoms with Crippen molar-refractivity contribution in [1.29, 1.82) is 0 Å². The molecule has 2 saturated heterocycles. The van der Waals surface area contributed by atoms with Gasteiger partial charge in [0.05, 0.1) is 12.1 Å². The maximum absolute atomic E-state index is 13.3. The second-order valence-electron chi connectivity index (χ2n) is 11.1. The van der Waals surface area contributed by atoms with E-state index in [0.29, 0.717) is 38.4 Å². The van der Waals surface area contributed by atoms with Crippen LogP contribution >= 0.6 is 0 Å². The number of carbonyl (C=O) groups is 3. The van der Waals surface area contributed by atoms with Crippen molar-refractivity contribution in [3.8, 4) is 0 Å². The number of nitrogens with one attached hydrogen (secondary N) is 1. The van der Waals surface area contributed by atoms with Gasteiger partial charge in [-0.25, -0.2) is 4.79 Å². The Bertz CT molecular complexity index is 652. The summed E-state index contributed by atoms with van der Waals surface area (Å²) in [5.41, 5.74) is 0.427. The van der Waals surface area contributed by atoms with Crippen LogP contribution in [0.3, 0.4) is 0 Å². The predicted octanol–water partition coefficient (Wildman–Crippen LogP) is 3.59. The Morgan fingerprint density at radius 1 is 1.00 bits per heavy atom. The van der Waals surface area contributed by atoms with Crippen molar-refractivity contribution in [3.05, 3.63) is 0 Å². The molecule has 6 nitrogen and oxygen atoms in total. The standard InChI is InChI=1S/C23H39N3O3/c1-22(2,3)10-11-24-21(29)26-13-7-9-18(26)20(28)17-8-6-12-25(17)19(27)14-16-15-23(16,4)5/h16-18H,6-15H2,1-5H3,(H,24,29)/t16?,17-,18?/m0/s1. The van der Waals surface area contributed by atoms with Gasteiger partial charge < -0.3 is 15.1 Å². The summed E-state index contributed by atoms with van der Waals surface area (Å²) >= 11 is 0. The Morgan fingerprint density at radius 3 is 2.10 bits per heavy atom. The number of likely N-dealkylation sites (tertiary alicyclic amines) is 2. The van der Waals surface area contributed by atoms with E-state index in [4.69, 9.17) is 0 Å². The molecule has 0 aromatic carbocycles. The molecule has 164 valence electrons. The molecule has 6 heteroatoms. The lowest BCUT2D eigenvalue weighted by atomic mass is 9.92. The molecule has 3 aliphatic rings. The van der Waals surface area contributed by atoms with Crippen molar-refractivity contribution in [2.45, 2.75) is 91.6 Å². The van der Waals surface area contributed by atoms with Crippen molar-refractivity contribution in [3.63, 3.8) is 0 Å². The molecule has 3 atom stereocenters. The molecule has 2 aliphatic heterocycles. The average Bonchev–Trinajstić information content (AvgIpc) is 3.08. The van der Waals surface area contributed by atoms with E-state index in [2.05, 4.69) is 39.9 Å². The molecule has 1 N–H and O–H groups in total. The molecule has 0 aromatic heterocycles. The van der Waals surface area contributed by atoms with Gasteiger partial charge in [-0.1, -0.05) is 34.6 Å². The van der Waals surface area contributed by atoms with Gasteiger partial charge in [0.1, 0.15) is 0 Å². The van der Waals surface area contributed by atoms with Crippen molar-refractivity contribution >= 4 is 17.7 Å². The van der Waals surface area contributed by atoms with Crippen LogP contribution in [-0.4, -0.2) is 59.2 Å². The van der Waals surface area contributed by atoms with Crippen LogP contribution in [0, 0.1) is 16.7 Å². The maximum Gasteiger partial charge on any atom is 0.318 e. The summed E-state index contributed by atoms with van der Waals surface area (Å²) in [5.74, 6) is 0.632. The molecule has 1 saturated carbocycles. The Hall–Kier alpha value is -1.59. The minimum Gasteiger partial charge on any atom is -0.338 e. The normalized spacial score (nSPS) is 28.5. The quantitative estimate of drug-likeness (QED) is 0.734. The molecule has 0 aromatic rings. The molecular formula is C23H39N3O3. The Morgan fingerprint density at radius 2 is 1.55 bits per heavy atom. The number of urea groups is 1. The van der Waals surface area contributed by atoms with Gasteiger partial charge in [-0.15, -0.1) is 0 Å². The van der Waals surface area contributed by atoms with Gasteiger partial charge in [0.15, 0.2) is 5.78 Å². The fraction of sp³-hybridized carbons (Fsp3) is 0.870. The van der Waals surface area contributed by atoms with Gasteiger partial charge in [-0.05, 0) is 55.3 Å². The zero-order valence-corrected chi connectivity index (χ0v) is 18.9. The molecule has 0 spiro atoms. The van der Waals surface area contributed by atoms with Crippen LogP contribution < -0.4 is 5.32 Å². The number of hydrogen-bond donors (Lipinski definition) is 1. The fourth-order valence-corrected chi connectivity index (χ4v) is 4.79. The predicted molar refractivity (Wildman–Crippen MR) is 113 cm³/mol. The van der Waals surface area contributed by atoms with Crippen LogP contribution in [0.15, 0.2) is 0 Å². The van der Waals surface area contributed by atoms with E-state index in [1.165, 1.54) is 0 Å². The van der Waals surface area contributed by atoms with E-state index < -0.39 is 0 Å². The summed E-state index contributed by atoms with van der Waals surface area (Å²) in [7, 11) is 0. The number of hydrogen-bond acceptors (Lipinski definition) is 3. The second kappa shape index (κ2) is 8.27. The first-order valence-corrected chi connectivity index (χ1v) is 11.4. The SMILES string of the molecule is CC(C)(C)CCNC(=O)N1CCCC1C(=O)[C@@H]1CCCN1C(=O)CC1CC1(C)C. The van der Waals surface area contributed by atoms with Gasteiger partial charge in [0.2, 0.25) is 5.91 Å². The largest absolute Gasteiger partial charge is 0.338 e. The molecule has 2 unspecified atom stereocenters. The van der Waals surface area contributed by atoms with Gasteiger partial charge in [-0.3, -0.25) is 9.59 Å². The number of ketones is 1. The summed E-state index contributed by atoms with van der Waals surface area (Å²) in [6.07, 6.45) is 5.71. The summed E-state index contributed by atoms with van der Waals surface area (Å²) < 4.78 is 0. The van der Waals surface area contributed by atoms with Crippen molar-refractivity contribution in [1.82, 2.24) is 15.1 Å². The van der Waals surface area contributed by atoms with Crippen LogP contribution in [0.5, 0.6) is 0 Å². The molecular weight excluding hydrogens is 366 g/mol. The van der Waals surface area contributed by atoms with E-state index >= 15 is 0 Å². The fourth-order valence-electron chi connectivity index (χ4n) is 4.79. The maximum atomic E-state index is 13.3. The van der Waals surface area contributed by atoms with Crippen molar-refractivity contribution in [2.75, 3.05) is 19.6 Å². The lowest BCUT2D eigenvalue weighted by molar-refractivity contribution is -0.139. The monoisotopic (exact) mass is 405 g/mol. The van der Waals surface area contributed by atoms with Crippen LogP contribution in [0.1, 0.15) is 79.6 Å². The van der Waals surface area contributed by atoms with Gasteiger partial charge in [0.25, 0.3) is 0 Å². The minimum absolute atomic E-state index is 0.0642. The smallest absolute Gasteiger partial charge is 0.318 e. The highest BCUT2D eigenvalue weighted by Gasteiger charge is 2.48.